The zero-order chi connectivity index (χ0) is 19.6. The molecule has 0 bridgehead atoms. The molecule has 3 aromatic carbocycles. The average Bonchev–Trinajstić information content (AvgIpc) is 2.72. The predicted molar refractivity (Wildman–Crippen MR) is 118 cm³/mol. The van der Waals surface area contributed by atoms with Gasteiger partial charge in [-0.2, -0.15) is 0 Å². The highest BCUT2D eigenvalue weighted by Crippen LogP contribution is 2.21. The van der Waals surface area contributed by atoms with E-state index in [9.17, 15) is 4.79 Å². The van der Waals surface area contributed by atoms with Crippen LogP contribution in [0.2, 0.25) is 0 Å². The summed E-state index contributed by atoms with van der Waals surface area (Å²) in [7, 11) is 0. The molecule has 144 valence electrons. The lowest BCUT2D eigenvalue weighted by Gasteiger charge is -2.10. The Bertz CT molecular complexity index is 883. The first-order valence-corrected chi connectivity index (χ1v) is 10.0. The molecule has 0 unspecified atom stereocenters. The maximum atomic E-state index is 12.1. The first-order valence-electron chi connectivity index (χ1n) is 9.26. The normalized spacial score (nSPS) is 10.3. The summed E-state index contributed by atoms with van der Waals surface area (Å²) in [6.07, 6.45) is 1.96. The number of benzene rings is 3. The van der Waals surface area contributed by atoms with Crippen LogP contribution in [-0.4, -0.2) is 19.1 Å². The van der Waals surface area contributed by atoms with Gasteiger partial charge in [0.25, 0.3) is 0 Å². The number of nitrogens with one attached hydrogen (secondary N) is 2. The number of hydrogen-bond acceptors (Lipinski definition) is 3. The van der Waals surface area contributed by atoms with Gasteiger partial charge in [0, 0.05) is 15.8 Å². The van der Waals surface area contributed by atoms with Crippen molar-refractivity contribution in [2.45, 2.75) is 12.8 Å². The lowest BCUT2D eigenvalue weighted by molar-refractivity contribution is -0.114. The third-order valence-electron chi connectivity index (χ3n) is 4.17. The zero-order valence-corrected chi connectivity index (χ0v) is 17.1. The first kappa shape index (κ1) is 20.0. The molecular formula is C23H23BrN2O2. The van der Waals surface area contributed by atoms with Crippen molar-refractivity contribution < 1.29 is 9.53 Å². The van der Waals surface area contributed by atoms with E-state index in [1.165, 1.54) is 5.56 Å². The molecule has 3 aromatic rings. The third kappa shape index (κ3) is 6.43. The van der Waals surface area contributed by atoms with Gasteiger partial charge in [-0.25, -0.2) is 0 Å². The van der Waals surface area contributed by atoms with E-state index >= 15 is 0 Å². The van der Waals surface area contributed by atoms with Crippen molar-refractivity contribution in [3.8, 4) is 5.75 Å². The number of ether oxygens (including phenoxy) is 1. The highest BCUT2D eigenvalue weighted by atomic mass is 79.9. The Hall–Kier alpha value is -2.79. The smallest absolute Gasteiger partial charge is 0.243 e. The Morgan fingerprint density at radius 2 is 1.61 bits per heavy atom. The molecule has 0 saturated carbocycles. The Kier molecular flexibility index (Phi) is 7.50. The summed E-state index contributed by atoms with van der Waals surface area (Å²) < 4.78 is 6.70. The van der Waals surface area contributed by atoms with Crippen LogP contribution in [0.4, 0.5) is 11.4 Å². The summed E-state index contributed by atoms with van der Waals surface area (Å²) in [5.74, 6) is 0.699. The monoisotopic (exact) mass is 438 g/mol. The fourth-order valence-electron chi connectivity index (χ4n) is 2.73. The summed E-state index contributed by atoms with van der Waals surface area (Å²) >= 11 is 3.45. The number of aryl methyl sites for hydroxylation is 1. The van der Waals surface area contributed by atoms with E-state index in [4.69, 9.17) is 4.74 Å². The van der Waals surface area contributed by atoms with Crippen molar-refractivity contribution >= 4 is 33.2 Å². The van der Waals surface area contributed by atoms with Gasteiger partial charge in [-0.1, -0.05) is 42.5 Å². The minimum Gasteiger partial charge on any atom is -0.494 e. The quantitative estimate of drug-likeness (QED) is 0.432. The van der Waals surface area contributed by atoms with Crippen LogP contribution >= 0.6 is 15.9 Å². The van der Waals surface area contributed by atoms with Gasteiger partial charge in [-0.3, -0.25) is 4.79 Å². The molecule has 5 heteroatoms. The van der Waals surface area contributed by atoms with Gasteiger partial charge in [0.15, 0.2) is 0 Å². The van der Waals surface area contributed by atoms with Crippen molar-refractivity contribution in [1.29, 1.82) is 0 Å². The lowest BCUT2D eigenvalue weighted by atomic mass is 10.1. The molecule has 0 spiro atoms. The van der Waals surface area contributed by atoms with E-state index in [-0.39, 0.29) is 12.5 Å². The van der Waals surface area contributed by atoms with Crippen LogP contribution in [0.5, 0.6) is 5.75 Å². The summed E-state index contributed by atoms with van der Waals surface area (Å²) in [5, 5.41) is 5.98. The molecule has 4 nitrogen and oxygen atoms in total. The molecule has 0 fully saturated rings. The highest BCUT2D eigenvalue weighted by molar-refractivity contribution is 9.10. The largest absolute Gasteiger partial charge is 0.494 e. The third-order valence-corrected chi connectivity index (χ3v) is 4.86. The molecule has 0 radical (unpaired) electrons. The molecule has 0 atom stereocenters. The number of para-hydroxylation sites is 1. The number of carbonyl (C=O) groups excluding carboxylic acids is 1. The van der Waals surface area contributed by atoms with Crippen LogP contribution in [0.15, 0.2) is 83.3 Å². The Morgan fingerprint density at radius 1 is 0.893 bits per heavy atom. The van der Waals surface area contributed by atoms with Crippen molar-refractivity contribution in [3.63, 3.8) is 0 Å². The van der Waals surface area contributed by atoms with Crippen molar-refractivity contribution in [1.82, 2.24) is 0 Å². The predicted octanol–water partition coefficient (Wildman–Crippen LogP) is 5.51. The fraction of sp³-hybridized carbons (Fsp3) is 0.174. The molecular weight excluding hydrogens is 416 g/mol. The van der Waals surface area contributed by atoms with Gasteiger partial charge in [0.05, 0.1) is 13.2 Å². The van der Waals surface area contributed by atoms with Crippen LogP contribution < -0.4 is 15.4 Å². The van der Waals surface area contributed by atoms with E-state index in [2.05, 4.69) is 50.8 Å². The molecule has 0 aliphatic rings. The van der Waals surface area contributed by atoms with Gasteiger partial charge in [-0.15, -0.1) is 0 Å². The molecule has 0 aromatic heterocycles. The van der Waals surface area contributed by atoms with Crippen LogP contribution in [0.1, 0.15) is 12.0 Å². The van der Waals surface area contributed by atoms with Crippen LogP contribution in [0.3, 0.4) is 0 Å². The van der Waals surface area contributed by atoms with Crippen molar-refractivity contribution in [2.75, 3.05) is 23.8 Å². The second-order valence-electron chi connectivity index (χ2n) is 6.34. The van der Waals surface area contributed by atoms with E-state index in [0.717, 1.165) is 34.4 Å². The number of anilines is 2. The maximum absolute atomic E-state index is 12.1. The van der Waals surface area contributed by atoms with Crippen molar-refractivity contribution in [3.05, 3.63) is 88.9 Å². The molecule has 3 rings (SSSR count). The second kappa shape index (κ2) is 10.5. The highest BCUT2D eigenvalue weighted by Gasteiger charge is 2.04. The van der Waals surface area contributed by atoms with Crippen molar-refractivity contribution in [2.24, 2.45) is 0 Å². The van der Waals surface area contributed by atoms with Gasteiger partial charge in [0.2, 0.25) is 5.91 Å². The summed E-state index contributed by atoms with van der Waals surface area (Å²) in [5.41, 5.74) is 2.95. The average molecular weight is 439 g/mol. The van der Waals surface area contributed by atoms with Gasteiger partial charge >= 0.3 is 0 Å². The number of hydrogen-bond donors (Lipinski definition) is 2. The number of amides is 1. The van der Waals surface area contributed by atoms with E-state index in [0.29, 0.717) is 6.61 Å². The van der Waals surface area contributed by atoms with Gasteiger partial charge in [0.1, 0.15) is 5.75 Å². The van der Waals surface area contributed by atoms with Crippen LogP contribution in [0.25, 0.3) is 0 Å². The van der Waals surface area contributed by atoms with Gasteiger partial charge < -0.3 is 15.4 Å². The standard InChI is InChI=1S/C23H23BrN2O2/c24-21-10-4-5-11-22(21)25-17-23(27)26-19-12-14-20(15-13-19)28-16-6-9-18-7-2-1-3-8-18/h1-5,7-8,10-15,25H,6,9,16-17H2,(H,26,27). The molecule has 0 saturated heterocycles. The summed E-state index contributed by atoms with van der Waals surface area (Å²) in [4.78, 5) is 12.1. The first-order chi connectivity index (χ1) is 13.7. The van der Waals surface area contributed by atoms with Crippen LogP contribution in [0, 0.1) is 0 Å². The van der Waals surface area contributed by atoms with E-state index < -0.39 is 0 Å². The number of halogens is 1. The topological polar surface area (TPSA) is 50.4 Å². The molecule has 2 N–H and O–H groups in total. The SMILES string of the molecule is O=C(CNc1ccccc1Br)Nc1ccc(OCCCc2ccccc2)cc1. The Labute approximate surface area is 174 Å². The Balaban J connectivity index is 1.39. The minimum absolute atomic E-state index is 0.104. The number of rotatable bonds is 9. The zero-order valence-electron chi connectivity index (χ0n) is 15.5. The van der Waals surface area contributed by atoms with Gasteiger partial charge in [-0.05, 0) is 70.7 Å². The molecule has 0 heterocycles. The molecule has 0 aliphatic carbocycles. The molecule has 1 amide bonds. The minimum atomic E-state index is -0.104. The Morgan fingerprint density at radius 3 is 2.36 bits per heavy atom. The maximum Gasteiger partial charge on any atom is 0.243 e. The van der Waals surface area contributed by atoms with E-state index in [1.807, 2.05) is 54.6 Å². The summed E-state index contributed by atoms with van der Waals surface area (Å²) in [6.45, 7) is 0.858. The fourth-order valence-corrected chi connectivity index (χ4v) is 3.16. The second-order valence-corrected chi connectivity index (χ2v) is 7.20. The number of carbonyl (C=O) groups is 1. The van der Waals surface area contributed by atoms with E-state index in [1.54, 1.807) is 0 Å². The summed E-state index contributed by atoms with van der Waals surface area (Å²) in [6, 6.07) is 25.5. The van der Waals surface area contributed by atoms with Crippen LogP contribution in [-0.2, 0) is 11.2 Å². The molecule has 0 aliphatic heterocycles. The molecule has 28 heavy (non-hydrogen) atoms. The lowest BCUT2D eigenvalue weighted by Crippen LogP contribution is -2.21.